The van der Waals surface area contributed by atoms with Crippen LogP contribution < -0.4 is 16.2 Å². The number of hydrogen-bond donors (Lipinski definition) is 2. The van der Waals surface area contributed by atoms with Crippen molar-refractivity contribution < 1.29 is 4.74 Å². The van der Waals surface area contributed by atoms with Crippen LogP contribution in [-0.4, -0.2) is 0 Å². The fraction of sp³-hybridized carbons (Fsp3) is 0. The lowest BCUT2D eigenvalue weighted by atomic mass is 10.2. The Bertz CT molecular complexity index is 646. The summed E-state index contributed by atoms with van der Waals surface area (Å²) < 4.78 is 5.57. The van der Waals surface area contributed by atoms with Gasteiger partial charge in [0.05, 0.1) is 25.8 Å². The van der Waals surface area contributed by atoms with E-state index in [9.17, 15) is 0 Å². The maximum absolute atomic E-state index is 6.02. The molecule has 0 radical (unpaired) electrons. The first-order valence-corrected chi connectivity index (χ1v) is 6.57. The minimum atomic E-state index is 0.170. The molecule has 0 saturated heterocycles. The van der Waals surface area contributed by atoms with Gasteiger partial charge in [-0.1, -0.05) is 46.4 Å². The molecule has 2 rings (SSSR count). The molecule has 7 heteroatoms. The highest BCUT2D eigenvalue weighted by atomic mass is 35.5. The molecule has 0 aromatic heterocycles. The van der Waals surface area contributed by atoms with E-state index in [0.717, 1.165) is 0 Å². The summed E-state index contributed by atoms with van der Waals surface area (Å²) in [6, 6.07) is 6.24. The quantitative estimate of drug-likeness (QED) is 0.735. The molecule has 0 spiro atoms. The maximum atomic E-state index is 6.02. The first kappa shape index (κ1) is 14.4. The highest BCUT2D eigenvalue weighted by Crippen LogP contribution is 2.42. The van der Waals surface area contributed by atoms with Crippen molar-refractivity contribution in [2.75, 3.05) is 11.5 Å². The molecule has 0 aliphatic heterocycles. The fourth-order valence-electron chi connectivity index (χ4n) is 1.40. The molecule has 2 aromatic carbocycles. The zero-order valence-corrected chi connectivity index (χ0v) is 12.4. The van der Waals surface area contributed by atoms with Crippen molar-refractivity contribution in [2.45, 2.75) is 0 Å². The molecule has 100 valence electrons. The molecule has 0 amide bonds. The van der Waals surface area contributed by atoms with E-state index in [4.69, 9.17) is 62.6 Å². The van der Waals surface area contributed by atoms with Gasteiger partial charge in [0.1, 0.15) is 11.4 Å². The van der Waals surface area contributed by atoms with Crippen molar-refractivity contribution in [3.63, 3.8) is 0 Å². The first-order chi connectivity index (χ1) is 8.90. The Morgan fingerprint density at radius 2 is 1.42 bits per heavy atom. The van der Waals surface area contributed by atoms with Crippen LogP contribution in [0.3, 0.4) is 0 Å². The summed E-state index contributed by atoms with van der Waals surface area (Å²) in [5, 5.41) is 1.30. The van der Waals surface area contributed by atoms with Crippen molar-refractivity contribution in [1.82, 2.24) is 0 Å². The number of nitrogen functional groups attached to an aromatic ring is 2. The molecule has 0 saturated carbocycles. The average Bonchev–Trinajstić information content (AvgIpc) is 2.36. The lowest BCUT2D eigenvalue weighted by molar-refractivity contribution is 0.485. The smallest absolute Gasteiger partial charge is 0.171 e. The molecular weight excluding hydrogens is 330 g/mol. The molecular formula is C12H8Cl4N2O. The summed E-state index contributed by atoms with van der Waals surface area (Å²) in [6.45, 7) is 0. The van der Waals surface area contributed by atoms with Crippen molar-refractivity contribution >= 4 is 57.8 Å². The summed E-state index contributed by atoms with van der Waals surface area (Å²) >= 11 is 23.6. The molecule has 3 nitrogen and oxygen atoms in total. The molecule has 19 heavy (non-hydrogen) atoms. The van der Waals surface area contributed by atoms with E-state index in [2.05, 4.69) is 0 Å². The monoisotopic (exact) mass is 336 g/mol. The predicted molar refractivity (Wildman–Crippen MR) is 81.8 cm³/mol. The van der Waals surface area contributed by atoms with Crippen LogP contribution >= 0.6 is 46.4 Å². The van der Waals surface area contributed by atoms with E-state index < -0.39 is 0 Å². The summed E-state index contributed by atoms with van der Waals surface area (Å²) in [4.78, 5) is 0. The zero-order valence-electron chi connectivity index (χ0n) is 9.38. The SMILES string of the molecule is Nc1c(Cl)cc(Cl)c(Oc2ccc(Cl)c(Cl)c2)c1N. The highest BCUT2D eigenvalue weighted by molar-refractivity contribution is 6.42. The Morgan fingerprint density at radius 1 is 0.737 bits per heavy atom. The van der Waals surface area contributed by atoms with Gasteiger partial charge < -0.3 is 16.2 Å². The molecule has 4 N–H and O–H groups in total. The van der Waals surface area contributed by atoms with Gasteiger partial charge in [-0.3, -0.25) is 0 Å². The minimum absolute atomic E-state index is 0.170. The number of anilines is 2. The van der Waals surface area contributed by atoms with Crippen LogP contribution in [0.15, 0.2) is 24.3 Å². The standard InChI is InChI=1S/C12H8Cl4N2O/c13-6-2-1-5(3-7(6)14)19-12-9(16)4-8(15)10(17)11(12)18/h1-4H,17-18H2. The van der Waals surface area contributed by atoms with Gasteiger partial charge in [0.2, 0.25) is 0 Å². The second-order valence-electron chi connectivity index (χ2n) is 3.67. The molecule has 0 atom stereocenters. The van der Waals surface area contributed by atoms with Gasteiger partial charge in [-0.25, -0.2) is 0 Å². The van der Waals surface area contributed by atoms with E-state index >= 15 is 0 Å². The molecule has 0 unspecified atom stereocenters. The Hall–Kier alpha value is -1.00. The van der Waals surface area contributed by atoms with Crippen molar-refractivity contribution in [3.8, 4) is 11.5 Å². The minimum Gasteiger partial charge on any atom is -0.453 e. The Morgan fingerprint density at radius 3 is 2.05 bits per heavy atom. The molecule has 0 heterocycles. The molecule has 2 aromatic rings. The first-order valence-electron chi connectivity index (χ1n) is 5.06. The number of halogens is 4. The Labute approximate surface area is 129 Å². The van der Waals surface area contributed by atoms with Gasteiger partial charge in [0, 0.05) is 6.07 Å². The third-order valence-corrected chi connectivity index (χ3v) is 3.71. The lowest BCUT2D eigenvalue weighted by Crippen LogP contribution is -1.99. The largest absolute Gasteiger partial charge is 0.453 e. The third kappa shape index (κ3) is 2.95. The van der Waals surface area contributed by atoms with E-state index in [1.54, 1.807) is 18.2 Å². The van der Waals surface area contributed by atoms with Crippen LogP contribution in [0.25, 0.3) is 0 Å². The topological polar surface area (TPSA) is 61.3 Å². The van der Waals surface area contributed by atoms with Gasteiger partial charge in [0.25, 0.3) is 0 Å². The van der Waals surface area contributed by atoms with Gasteiger partial charge in [-0.2, -0.15) is 0 Å². The van der Waals surface area contributed by atoms with Crippen LogP contribution in [-0.2, 0) is 0 Å². The molecule has 0 aliphatic carbocycles. The predicted octanol–water partition coefficient (Wildman–Crippen LogP) is 5.26. The summed E-state index contributed by atoms with van der Waals surface area (Å²) in [5.74, 6) is 0.659. The summed E-state index contributed by atoms with van der Waals surface area (Å²) in [6.07, 6.45) is 0. The Balaban J connectivity index is 2.43. The third-order valence-electron chi connectivity index (χ3n) is 2.37. The maximum Gasteiger partial charge on any atom is 0.171 e. The molecule has 0 aliphatic rings. The summed E-state index contributed by atoms with van der Waals surface area (Å²) in [5.41, 5.74) is 11.9. The van der Waals surface area contributed by atoms with Gasteiger partial charge >= 0.3 is 0 Å². The van der Waals surface area contributed by atoms with Gasteiger partial charge in [-0.15, -0.1) is 0 Å². The van der Waals surface area contributed by atoms with Crippen LogP contribution in [0.2, 0.25) is 20.1 Å². The summed E-state index contributed by atoms with van der Waals surface area (Å²) in [7, 11) is 0. The number of hydrogen-bond acceptors (Lipinski definition) is 3. The van der Waals surface area contributed by atoms with Crippen LogP contribution in [0.1, 0.15) is 0 Å². The fourth-order valence-corrected chi connectivity index (χ4v) is 2.20. The van der Waals surface area contributed by atoms with E-state index in [-0.39, 0.29) is 27.2 Å². The normalized spacial score (nSPS) is 10.5. The van der Waals surface area contributed by atoms with Gasteiger partial charge in [0.15, 0.2) is 5.75 Å². The highest BCUT2D eigenvalue weighted by Gasteiger charge is 2.14. The lowest BCUT2D eigenvalue weighted by Gasteiger charge is -2.13. The second kappa shape index (κ2) is 5.55. The molecule has 0 fully saturated rings. The molecule has 0 bridgehead atoms. The van der Waals surface area contributed by atoms with Crippen molar-refractivity contribution in [3.05, 3.63) is 44.4 Å². The number of nitrogens with two attached hydrogens (primary N) is 2. The number of benzene rings is 2. The van der Waals surface area contributed by atoms with Crippen molar-refractivity contribution in [1.29, 1.82) is 0 Å². The van der Waals surface area contributed by atoms with Crippen LogP contribution in [0.4, 0.5) is 11.4 Å². The number of rotatable bonds is 2. The van der Waals surface area contributed by atoms with Gasteiger partial charge in [-0.05, 0) is 18.2 Å². The van der Waals surface area contributed by atoms with E-state index in [1.165, 1.54) is 6.07 Å². The van der Waals surface area contributed by atoms with Crippen LogP contribution in [0, 0.1) is 0 Å². The van der Waals surface area contributed by atoms with E-state index in [0.29, 0.717) is 15.8 Å². The van der Waals surface area contributed by atoms with Crippen molar-refractivity contribution in [2.24, 2.45) is 0 Å². The second-order valence-corrected chi connectivity index (χ2v) is 5.30. The Kier molecular flexibility index (Phi) is 4.21. The number of ether oxygens (including phenoxy) is 1. The van der Waals surface area contributed by atoms with E-state index in [1.807, 2.05) is 0 Å². The zero-order chi connectivity index (χ0) is 14.2. The van der Waals surface area contributed by atoms with Crippen LogP contribution in [0.5, 0.6) is 11.5 Å². The average molecular weight is 338 g/mol.